The number of fused-ring (bicyclic) bond motifs is 2. The van der Waals surface area contributed by atoms with E-state index in [1.54, 1.807) is 33.1 Å². The zero-order valence-electron chi connectivity index (χ0n) is 14.4. The maximum absolute atomic E-state index is 12.7. The highest BCUT2D eigenvalue weighted by Crippen LogP contribution is 2.65. The number of esters is 1. The second kappa shape index (κ2) is 5.35. The van der Waals surface area contributed by atoms with Crippen LogP contribution < -0.4 is 5.73 Å². The monoisotopic (exact) mass is 365 g/mol. The number of carbonyl (C=O) groups excluding carboxylic acids is 3. The zero-order chi connectivity index (χ0) is 18.6. The number of oxime groups is 1. The molecule has 2 bridgehead atoms. The number of hydrogen-bond donors (Lipinski definition) is 1. The van der Waals surface area contributed by atoms with Crippen molar-refractivity contribution in [3.63, 3.8) is 0 Å². The average Bonchev–Trinajstić information content (AvgIpc) is 3.07. The van der Waals surface area contributed by atoms with Crippen molar-refractivity contribution in [2.24, 2.45) is 21.7 Å². The van der Waals surface area contributed by atoms with Crippen molar-refractivity contribution in [2.75, 3.05) is 0 Å². The van der Waals surface area contributed by atoms with E-state index in [1.165, 1.54) is 0 Å². The fourth-order valence-corrected chi connectivity index (χ4v) is 4.30. The summed E-state index contributed by atoms with van der Waals surface area (Å²) in [5, 5.41) is 5.60. The molecule has 1 saturated heterocycles. The van der Waals surface area contributed by atoms with Crippen LogP contribution in [0.4, 0.5) is 0 Å². The second-order valence-corrected chi connectivity index (χ2v) is 8.01. The number of nitrogens with zero attached hydrogens (tertiary/aromatic N) is 2. The van der Waals surface area contributed by atoms with Gasteiger partial charge in [0.25, 0.3) is 5.91 Å². The van der Waals surface area contributed by atoms with E-state index in [4.69, 9.17) is 15.3 Å². The number of carbonyl (C=O) groups is 3. The number of primary amides is 1. The topological polar surface area (TPSA) is 121 Å². The van der Waals surface area contributed by atoms with Gasteiger partial charge in [-0.2, -0.15) is 0 Å². The van der Waals surface area contributed by atoms with Gasteiger partial charge in [0.15, 0.2) is 5.01 Å². The van der Waals surface area contributed by atoms with Crippen LogP contribution in [-0.2, 0) is 24.0 Å². The van der Waals surface area contributed by atoms with Gasteiger partial charge >= 0.3 is 11.9 Å². The number of aromatic nitrogens is 1. The van der Waals surface area contributed by atoms with E-state index in [2.05, 4.69) is 10.1 Å². The van der Waals surface area contributed by atoms with Gasteiger partial charge in [-0.05, 0) is 26.7 Å². The SMILES string of the molecule is Cc1csc(/C(=N/OC(=O)C23CCC(C)(C(=O)O2)C3(C)C)C(N)=O)n1. The van der Waals surface area contributed by atoms with Crippen LogP contribution in [0.1, 0.15) is 44.3 Å². The summed E-state index contributed by atoms with van der Waals surface area (Å²) in [7, 11) is 0. The number of nitrogens with two attached hydrogens (primary N) is 1. The van der Waals surface area contributed by atoms with Crippen LogP contribution >= 0.6 is 11.3 Å². The second-order valence-electron chi connectivity index (χ2n) is 7.15. The maximum Gasteiger partial charge on any atom is 0.378 e. The molecule has 2 heterocycles. The van der Waals surface area contributed by atoms with Crippen LogP contribution in [0.15, 0.2) is 10.5 Å². The molecule has 2 aliphatic rings. The molecule has 25 heavy (non-hydrogen) atoms. The van der Waals surface area contributed by atoms with Crippen molar-refractivity contribution >= 4 is 34.9 Å². The quantitative estimate of drug-likeness (QED) is 0.372. The van der Waals surface area contributed by atoms with Gasteiger partial charge < -0.3 is 15.3 Å². The predicted molar refractivity (Wildman–Crippen MR) is 88.6 cm³/mol. The van der Waals surface area contributed by atoms with E-state index in [9.17, 15) is 14.4 Å². The predicted octanol–water partition coefficient (Wildman–Crippen LogP) is 1.31. The Labute approximate surface area is 148 Å². The first-order valence-corrected chi connectivity index (χ1v) is 8.68. The van der Waals surface area contributed by atoms with Crippen LogP contribution in [-0.4, -0.2) is 34.1 Å². The summed E-state index contributed by atoms with van der Waals surface area (Å²) in [5.74, 6) is -2.09. The van der Waals surface area contributed by atoms with Crippen LogP contribution in [0, 0.1) is 17.8 Å². The van der Waals surface area contributed by atoms with Gasteiger partial charge in [0.05, 0.1) is 5.41 Å². The van der Waals surface area contributed by atoms with E-state index in [0.717, 1.165) is 11.3 Å². The number of aryl methyl sites for hydroxylation is 1. The first-order chi connectivity index (χ1) is 11.5. The lowest BCUT2D eigenvalue weighted by Gasteiger charge is -2.33. The molecular formula is C16H19N3O5S. The molecule has 2 fully saturated rings. The fourth-order valence-electron chi connectivity index (χ4n) is 3.52. The minimum absolute atomic E-state index is 0.245. The lowest BCUT2D eigenvalue weighted by molar-refractivity contribution is -0.183. The Morgan fingerprint density at radius 2 is 2.04 bits per heavy atom. The van der Waals surface area contributed by atoms with Crippen LogP contribution in [0.3, 0.4) is 0 Å². The summed E-state index contributed by atoms with van der Waals surface area (Å²) < 4.78 is 5.42. The summed E-state index contributed by atoms with van der Waals surface area (Å²) in [6, 6.07) is 0. The molecule has 0 spiro atoms. The number of amides is 1. The summed E-state index contributed by atoms with van der Waals surface area (Å²) >= 11 is 1.16. The minimum atomic E-state index is -1.41. The molecule has 8 nitrogen and oxygen atoms in total. The average molecular weight is 365 g/mol. The molecule has 134 valence electrons. The largest absolute Gasteiger partial charge is 0.446 e. The van der Waals surface area contributed by atoms with Crippen molar-refractivity contribution in [2.45, 2.75) is 46.1 Å². The highest BCUT2D eigenvalue weighted by molar-refractivity contribution is 7.12. The highest BCUT2D eigenvalue weighted by Gasteiger charge is 2.76. The molecule has 1 aliphatic heterocycles. The van der Waals surface area contributed by atoms with E-state index >= 15 is 0 Å². The molecule has 3 rings (SSSR count). The molecule has 2 N–H and O–H groups in total. The minimum Gasteiger partial charge on any atom is -0.446 e. The van der Waals surface area contributed by atoms with Gasteiger partial charge in [-0.1, -0.05) is 19.0 Å². The van der Waals surface area contributed by atoms with Crippen molar-refractivity contribution < 1.29 is 24.0 Å². The summed E-state index contributed by atoms with van der Waals surface area (Å²) in [4.78, 5) is 45.6. The van der Waals surface area contributed by atoms with Crippen LogP contribution in [0.5, 0.6) is 0 Å². The normalized spacial score (nSPS) is 30.2. The highest BCUT2D eigenvalue weighted by atomic mass is 32.1. The Kier molecular flexibility index (Phi) is 3.75. The van der Waals surface area contributed by atoms with Gasteiger partial charge in [-0.25, -0.2) is 9.78 Å². The summed E-state index contributed by atoms with van der Waals surface area (Å²) in [6.45, 7) is 7.14. The van der Waals surface area contributed by atoms with Crippen LogP contribution in [0.2, 0.25) is 0 Å². The third-order valence-electron chi connectivity index (χ3n) is 5.69. The third-order valence-corrected chi connectivity index (χ3v) is 6.65. The summed E-state index contributed by atoms with van der Waals surface area (Å²) in [6.07, 6.45) is 0.866. The number of hydrogen-bond acceptors (Lipinski definition) is 8. The lowest BCUT2D eigenvalue weighted by Crippen LogP contribution is -2.48. The number of thiazole rings is 1. The van der Waals surface area contributed by atoms with E-state index in [0.29, 0.717) is 18.5 Å². The van der Waals surface area contributed by atoms with Gasteiger partial charge in [-0.3, -0.25) is 9.59 Å². The van der Waals surface area contributed by atoms with E-state index in [-0.39, 0.29) is 10.7 Å². The van der Waals surface area contributed by atoms with Gasteiger partial charge in [-0.15, -0.1) is 11.3 Å². The molecule has 1 aromatic heterocycles. The molecule has 0 radical (unpaired) electrons. The molecule has 1 aromatic rings. The van der Waals surface area contributed by atoms with Crippen LogP contribution in [0.25, 0.3) is 0 Å². The van der Waals surface area contributed by atoms with Gasteiger partial charge in [0.2, 0.25) is 11.3 Å². The Morgan fingerprint density at radius 3 is 2.48 bits per heavy atom. The van der Waals surface area contributed by atoms with Crippen molar-refractivity contribution in [3.8, 4) is 0 Å². The molecular weight excluding hydrogens is 346 g/mol. The molecule has 1 amide bonds. The van der Waals surface area contributed by atoms with Crippen molar-refractivity contribution in [1.29, 1.82) is 0 Å². The Bertz CT molecular complexity index is 814. The molecule has 0 aromatic carbocycles. The maximum atomic E-state index is 12.7. The Balaban J connectivity index is 1.90. The molecule has 1 saturated carbocycles. The first-order valence-electron chi connectivity index (χ1n) is 7.80. The number of ether oxygens (including phenoxy) is 1. The van der Waals surface area contributed by atoms with Gasteiger partial charge in [0, 0.05) is 16.5 Å². The first kappa shape index (κ1) is 17.5. The molecule has 2 unspecified atom stereocenters. The fraction of sp³-hybridized carbons (Fsp3) is 0.562. The van der Waals surface area contributed by atoms with E-state index < -0.39 is 34.3 Å². The molecule has 9 heteroatoms. The van der Waals surface area contributed by atoms with E-state index in [1.807, 2.05) is 0 Å². The molecule has 1 aliphatic carbocycles. The standard InChI is InChI=1S/C16H19N3O5S/c1-8-7-25-11(18-8)9(10(17)20)19-24-13(22)16-6-5-15(4,12(21)23-16)14(16,2)3/h7H,5-6H2,1-4H3,(H2,17,20)/b19-9+. The Hall–Kier alpha value is -2.29. The Morgan fingerprint density at radius 1 is 1.36 bits per heavy atom. The molecule has 2 atom stereocenters. The lowest BCUT2D eigenvalue weighted by atomic mass is 9.66. The van der Waals surface area contributed by atoms with Crippen molar-refractivity contribution in [1.82, 2.24) is 4.98 Å². The number of rotatable bonds is 4. The summed E-state index contributed by atoms with van der Waals surface area (Å²) in [5.41, 5.74) is 2.83. The zero-order valence-corrected chi connectivity index (χ0v) is 15.2. The smallest absolute Gasteiger partial charge is 0.378 e. The van der Waals surface area contributed by atoms with Gasteiger partial charge in [0.1, 0.15) is 0 Å². The third kappa shape index (κ3) is 2.21. The van der Waals surface area contributed by atoms with Crippen molar-refractivity contribution in [3.05, 3.63) is 16.1 Å².